The van der Waals surface area contributed by atoms with Gasteiger partial charge in [0.15, 0.2) is 11.9 Å². The number of ether oxygens (including phenoxy) is 2. The van der Waals surface area contributed by atoms with Crippen LogP contribution in [0.5, 0.6) is 5.75 Å². The molecular formula is C15H19NO5. The van der Waals surface area contributed by atoms with Gasteiger partial charge in [-0.25, -0.2) is 4.79 Å². The zero-order valence-electron chi connectivity index (χ0n) is 12.3. The highest BCUT2D eigenvalue weighted by Crippen LogP contribution is 2.35. The summed E-state index contributed by atoms with van der Waals surface area (Å²) in [5, 5.41) is 11.2. The molecule has 1 aromatic carbocycles. The summed E-state index contributed by atoms with van der Waals surface area (Å²) >= 11 is 0. The Labute approximate surface area is 123 Å². The fourth-order valence-corrected chi connectivity index (χ4v) is 2.51. The molecule has 21 heavy (non-hydrogen) atoms. The number of benzene rings is 1. The van der Waals surface area contributed by atoms with E-state index in [1.165, 1.54) is 0 Å². The molecule has 0 heterocycles. The summed E-state index contributed by atoms with van der Waals surface area (Å²) in [6.45, 7) is 3.74. The maximum atomic E-state index is 11.8. The van der Waals surface area contributed by atoms with E-state index in [0.717, 1.165) is 30.4 Å². The third-order valence-electron chi connectivity index (χ3n) is 3.56. The van der Waals surface area contributed by atoms with Crippen molar-refractivity contribution in [2.75, 3.05) is 6.61 Å². The summed E-state index contributed by atoms with van der Waals surface area (Å²) in [6, 6.07) is 3.26. The van der Waals surface area contributed by atoms with E-state index in [1.54, 1.807) is 26.0 Å². The Bertz CT molecular complexity index is 555. The van der Waals surface area contributed by atoms with Crippen LogP contribution < -0.4 is 4.74 Å². The first-order valence-electron chi connectivity index (χ1n) is 7.20. The van der Waals surface area contributed by atoms with Gasteiger partial charge in [0.2, 0.25) is 0 Å². The van der Waals surface area contributed by atoms with E-state index in [1.807, 2.05) is 0 Å². The lowest BCUT2D eigenvalue weighted by molar-refractivity contribution is -0.386. The molecule has 1 atom stereocenters. The standard InChI is InChI=1S/C15H19NO5/c1-3-13(15(17)20-4-2)21-14-9-11-7-5-6-10(11)8-12(14)16(18)19/h8-9,13H,3-7H2,1-2H3. The number of nitrogens with zero attached hydrogens (tertiary/aromatic N) is 1. The molecule has 114 valence electrons. The number of hydrogen-bond donors (Lipinski definition) is 0. The van der Waals surface area contributed by atoms with Crippen LogP contribution in [0.3, 0.4) is 0 Å². The largest absolute Gasteiger partial charge is 0.472 e. The number of rotatable bonds is 6. The van der Waals surface area contributed by atoms with Gasteiger partial charge < -0.3 is 9.47 Å². The normalized spacial score (nSPS) is 14.4. The zero-order valence-corrected chi connectivity index (χ0v) is 12.3. The Morgan fingerprint density at radius 1 is 1.33 bits per heavy atom. The van der Waals surface area contributed by atoms with Crippen molar-refractivity contribution in [1.29, 1.82) is 0 Å². The molecule has 1 aromatic rings. The van der Waals surface area contributed by atoms with Gasteiger partial charge in [-0.2, -0.15) is 0 Å². The fourth-order valence-electron chi connectivity index (χ4n) is 2.51. The van der Waals surface area contributed by atoms with E-state index in [0.29, 0.717) is 6.42 Å². The Morgan fingerprint density at radius 3 is 2.57 bits per heavy atom. The van der Waals surface area contributed by atoms with Crippen molar-refractivity contribution in [3.05, 3.63) is 33.4 Å². The van der Waals surface area contributed by atoms with Crippen molar-refractivity contribution < 1.29 is 19.2 Å². The summed E-state index contributed by atoms with van der Waals surface area (Å²) in [5.41, 5.74) is 1.98. The molecule has 0 saturated heterocycles. The van der Waals surface area contributed by atoms with Gasteiger partial charge in [-0.05, 0) is 49.8 Å². The first-order chi connectivity index (χ1) is 10.1. The van der Waals surface area contributed by atoms with E-state index < -0.39 is 17.0 Å². The van der Waals surface area contributed by atoms with Crippen LogP contribution in [0.25, 0.3) is 0 Å². The smallest absolute Gasteiger partial charge is 0.347 e. The number of nitro benzene ring substituents is 1. The molecule has 0 amide bonds. The highest BCUT2D eigenvalue weighted by Gasteiger charge is 2.27. The Balaban J connectivity index is 2.29. The van der Waals surface area contributed by atoms with Crippen molar-refractivity contribution in [1.82, 2.24) is 0 Å². The average molecular weight is 293 g/mol. The molecule has 6 heteroatoms. The van der Waals surface area contributed by atoms with Crippen LogP contribution in [0.15, 0.2) is 12.1 Å². The van der Waals surface area contributed by atoms with Crippen LogP contribution in [0.1, 0.15) is 37.8 Å². The molecule has 1 unspecified atom stereocenters. The molecule has 6 nitrogen and oxygen atoms in total. The van der Waals surface area contributed by atoms with E-state index in [-0.39, 0.29) is 18.0 Å². The lowest BCUT2D eigenvalue weighted by Crippen LogP contribution is -2.29. The summed E-state index contributed by atoms with van der Waals surface area (Å²) < 4.78 is 10.5. The van der Waals surface area contributed by atoms with Crippen LogP contribution in [0.2, 0.25) is 0 Å². The topological polar surface area (TPSA) is 78.7 Å². The molecule has 0 radical (unpaired) electrons. The predicted molar refractivity (Wildman–Crippen MR) is 76.5 cm³/mol. The maximum Gasteiger partial charge on any atom is 0.347 e. The van der Waals surface area contributed by atoms with E-state index >= 15 is 0 Å². The second kappa shape index (κ2) is 6.56. The third kappa shape index (κ3) is 3.32. The number of esters is 1. The van der Waals surface area contributed by atoms with Gasteiger partial charge in [-0.15, -0.1) is 0 Å². The van der Waals surface area contributed by atoms with Crippen LogP contribution >= 0.6 is 0 Å². The molecule has 0 aliphatic heterocycles. The van der Waals surface area contributed by atoms with Crippen molar-refractivity contribution in [3.63, 3.8) is 0 Å². The molecule has 0 bridgehead atoms. The highest BCUT2D eigenvalue weighted by atomic mass is 16.6. The number of carbonyl (C=O) groups excluding carboxylic acids is 1. The second-order valence-corrected chi connectivity index (χ2v) is 4.97. The lowest BCUT2D eigenvalue weighted by Gasteiger charge is -2.16. The van der Waals surface area contributed by atoms with Crippen LogP contribution in [-0.4, -0.2) is 23.6 Å². The van der Waals surface area contributed by atoms with Gasteiger partial charge >= 0.3 is 11.7 Å². The molecule has 2 rings (SSSR count). The molecule has 0 N–H and O–H groups in total. The highest BCUT2D eigenvalue weighted by molar-refractivity contribution is 5.75. The minimum absolute atomic E-state index is 0.0848. The fraction of sp³-hybridized carbons (Fsp3) is 0.533. The first kappa shape index (κ1) is 15.3. The summed E-state index contributed by atoms with van der Waals surface area (Å²) in [4.78, 5) is 22.5. The Morgan fingerprint density at radius 2 is 2.00 bits per heavy atom. The van der Waals surface area contributed by atoms with Gasteiger partial charge in [0.05, 0.1) is 11.5 Å². The van der Waals surface area contributed by atoms with Crippen molar-refractivity contribution in [2.24, 2.45) is 0 Å². The van der Waals surface area contributed by atoms with Crippen LogP contribution in [0.4, 0.5) is 5.69 Å². The summed E-state index contributed by atoms with van der Waals surface area (Å²) in [5.74, 6) is -0.338. The summed E-state index contributed by atoms with van der Waals surface area (Å²) in [7, 11) is 0. The van der Waals surface area contributed by atoms with Gasteiger partial charge in [-0.1, -0.05) is 6.92 Å². The average Bonchev–Trinajstić information content (AvgIpc) is 2.90. The van der Waals surface area contributed by atoms with Gasteiger partial charge in [-0.3, -0.25) is 10.1 Å². The number of carbonyl (C=O) groups is 1. The molecule has 0 saturated carbocycles. The van der Waals surface area contributed by atoms with E-state index in [4.69, 9.17) is 9.47 Å². The predicted octanol–water partition coefficient (Wildman–Crippen LogP) is 2.80. The van der Waals surface area contributed by atoms with Crippen molar-refractivity contribution in [3.8, 4) is 5.75 Å². The Hall–Kier alpha value is -2.11. The van der Waals surface area contributed by atoms with Gasteiger partial charge in [0, 0.05) is 6.07 Å². The number of fused-ring (bicyclic) bond motifs is 1. The quantitative estimate of drug-likeness (QED) is 0.458. The molecule has 0 aromatic heterocycles. The minimum Gasteiger partial charge on any atom is -0.472 e. The number of aryl methyl sites for hydroxylation is 2. The van der Waals surface area contributed by atoms with Gasteiger partial charge in [0.25, 0.3) is 0 Å². The minimum atomic E-state index is -0.817. The monoisotopic (exact) mass is 293 g/mol. The second-order valence-electron chi connectivity index (χ2n) is 4.97. The van der Waals surface area contributed by atoms with Crippen LogP contribution in [-0.2, 0) is 22.4 Å². The summed E-state index contributed by atoms with van der Waals surface area (Å²) in [6.07, 6.45) is 2.31. The SMILES string of the molecule is CCOC(=O)C(CC)Oc1cc2c(cc1[N+](=O)[O-])CCC2. The van der Waals surface area contributed by atoms with Crippen molar-refractivity contribution in [2.45, 2.75) is 45.6 Å². The molecular weight excluding hydrogens is 274 g/mol. The molecule has 0 spiro atoms. The third-order valence-corrected chi connectivity index (χ3v) is 3.56. The lowest BCUT2D eigenvalue weighted by atomic mass is 10.1. The van der Waals surface area contributed by atoms with E-state index in [2.05, 4.69) is 0 Å². The number of nitro groups is 1. The molecule has 1 aliphatic rings. The van der Waals surface area contributed by atoms with E-state index in [9.17, 15) is 14.9 Å². The van der Waals surface area contributed by atoms with Crippen LogP contribution in [0, 0.1) is 10.1 Å². The maximum absolute atomic E-state index is 11.8. The zero-order chi connectivity index (χ0) is 15.4. The number of hydrogen-bond acceptors (Lipinski definition) is 5. The first-order valence-corrected chi connectivity index (χ1v) is 7.20. The Kier molecular flexibility index (Phi) is 4.77. The van der Waals surface area contributed by atoms with Gasteiger partial charge in [0.1, 0.15) is 0 Å². The van der Waals surface area contributed by atoms with Crippen molar-refractivity contribution >= 4 is 11.7 Å². The molecule has 1 aliphatic carbocycles. The molecule has 0 fully saturated rings.